The Labute approximate surface area is 116 Å². The van der Waals surface area contributed by atoms with E-state index in [-0.39, 0.29) is 6.04 Å². The molecule has 0 aliphatic heterocycles. The predicted octanol–water partition coefficient (Wildman–Crippen LogP) is 3.47. The third kappa shape index (κ3) is 5.76. The number of nitrogens with zero attached hydrogens (tertiary/aromatic N) is 1. The molecule has 1 atom stereocenters. The molecule has 1 aromatic rings. The second-order valence-electron chi connectivity index (χ2n) is 5.37. The van der Waals surface area contributed by atoms with Gasteiger partial charge in [-0.2, -0.15) is 5.26 Å². The number of nitrogens with one attached hydrogen (secondary N) is 1. The second-order valence-corrected chi connectivity index (χ2v) is 5.37. The Hall–Kier alpha value is -1.53. The van der Waals surface area contributed by atoms with Crippen LogP contribution in [0.15, 0.2) is 24.3 Å². The van der Waals surface area contributed by atoms with E-state index in [9.17, 15) is 0 Å². The minimum atomic E-state index is -0.145. The van der Waals surface area contributed by atoms with Gasteiger partial charge in [-0.05, 0) is 37.5 Å². The van der Waals surface area contributed by atoms with Crippen LogP contribution in [0.1, 0.15) is 45.6 Å². The Morgan fingerprint density at radius 3 is 2.58 bits per heavy atom. The maximum absolute atomic E-state index is 9.02. The molecule has 0 aromatic heterocycles. The monoisotopic (exact) mass is 260 g/mol. The van der Waals surface area contributed by atoms with Gasteiger partial charge in [-0.1, -0.05) is 26.0 Å². The van der Waals surface area contributed by atoms with Gasteiger partial charge in [0.1, 0.15) is 5.75 Å². The van der Waals surface area contributed by atoms with Crippen molar-refractivity contribution in [3.8, 4) is 11.8 Å². The minimum absolute atomic E-state index is 0.145. The van der Waals surface area contributed by atoms with Crippen LogP contribution >= 0.6 is 0 Å². The molecule has 0 bridgehead atoms. The number of benzene rings is 1. The standard InChI is InChI=1S/C16H24N2O/c1-12(2)14-6-5-7-16(10-14)19-9-8-15(11-17)18-13(3)4/h5-7,10,12-13,15,18H,8-9H2,1-4H3. The zero-order valence-electron chi connectivity index (χ0n) is 12.3. The van der Waals surface area contributed by atoms with Crippen LogP contribution < -0.4 is 10.1 Å². The lowest BCUT2D eigenvalue weighted by Gasteiger charge is -2.15. The fourth-order valence-electron chi connectivity index (χ4n) is 1.85. The van der Waals surface area contributed by atoms with Crippen molar-refractivity contribution in [2.24, 2.45) is 0 Å². The van der Waals surface area contributed by atoms with Gasteiger partial charge in [0, 0.05) is 12.5 Å². The van der Waals surface area contributed by atoms with Crippen molar-refractivity contribution < 1.29 is 4.74 Å². The van der Waals surface area contributed by atoms with Gasteiger partial charge in [0.2, 0.25) is 0 Å². The van der Waals surface area contributed by atoms with Gasteiger partial charge in [0.05, 0.1) is 18.7 Å². The maximum Gasteiger partial charge on any atom is 0.119 e. The molecule has 0 aliphatic rings. The third-order valence-electron chi connectivity index (χ3n) is 2.89. The highest BCUT2D eigenvalue weighted by Crippen LogP contribution is 2.20. The molecule has 19 heavy (non-hydrogen) atoms. The van der Waals surface area contributed by atoms with Crippen molar-refractivity contribution >= 4 is 0 Å². The van der Waals surface area contributed by atoms with Crippen molar-refractivity contribution in [3.05, 3.63) is 29.8 Å². The van der Waals surface area contributed by atoms with Gasteiger partial charge in [0.25, 0.3) is 0 Å². The highest BCUT2D eigenvalue weighted by molar-refractivity contribution is 5.30. The molecule has 0 heterocycles. The van der Waals surface area contributed by atoms with Gasteiger partial charge in [0.15, 0.2) is 0 Å². The molecule has 0 aliphatic carbocycles. The van der Waals surface area contributed by atoms with Crippen molar-refractivity contribution in [1.82, 2.24) is 5.32 Å². The Morgan fingerprint density at radius 1 is 1.26 bits per heavy atom. The van der Waals surface area contributed by atoms with Crippen LogP contribution in [0, 0.1) is 11.3 Å². The highest BCUT2D eigenvalue weighted by atomic mass is 16.5. The van der Waals surface area contributed by atoms with Crippen molar-refractivity contribution in [2.45, 2.75) is 52.1 Å². The molecule has 1 rings (SSSR count). The Bertz CT molecular complexity index is 421. The van der Waals surface area contributed by atoms with Gasteiger partial charge < -0.3 is 4.74 Å². The summed E-state index contributed by atoms with van der Waals surface area (Å²) in [4.78, 5) is 0. The fraction of sp³-hybridized carbons (Fsp3) is 0.562. The topological polar surface area (TPSA) is 45.0 Å². The average Bonchev–Trinajstić information content (AvgIpc) is 2.37. The lowest BCUT2D eigenvalue weighted by molar-refractivity contribution is 0.294. The smallest absolute Gasteiger partial charge is 0.119 e. The van der Waals surface area contributed by atoms with E-state index < -0.39 is 0 Å². The number of ether oxygens (including phenoxy) is 1. The van der Waals surface area contributed by atoms with E-state index in [1.807, 2.05) is 26.0 Å². The molecule has 1 aromatic carbocycles. The molecule has 0 saturated heterocycles. The van der Waals surface area contributed by atoms with Crippen LogP contribution in [-0.2, 0) is 0 Å². The van der Waals surface area contributed by atoms with Gasteiger partial charge in [-0.3, -0.25) is 5.32 Å². The van der Waals surface area contributed by atoms with E-state index >= 15 is 0 Å². The van der Waals surface area contributed by atoms with Gasteiger partial charge >= 0.3 is 0 Å². The van der Waals surface area contributed by atoms with Crippen LogP contribution in [-0.4, -0.2) is 18.7 Å². The summed E-state index contributed by atoms with van der Waals surface area (Å²) >= 11 is 0. The molecule has 0 radical (unpaired) electrons. The number of hydrogen-bond acceptors (Lipinski definition) is 3. The zero-order chi connectivity index (χ0) is 14.3. The molecule has 0 amide bonds. The SMILES string of the molecule is CC(C)NC(C#N)CCOc1cccc(C(C)C)c1. The van der Waals surface area contributed by atoms with E-state index in [0.717, 1.165) is 5.75 Å². The summed E-state index contributed by atoms with van der Waals surface area (Å²) in [5, 5.41) is 12.2. The van der Waals surface area contributed by atoms with Crippen LogP contribution in [0.3, 0.4) is 0 Å². The van der Waals surface area contributed by atoms with Gasteiger partial charge in [-0.15, -0.1) is 0 Å². The first-order valence-corrected chi connectivity index (χ1v) is 6.91. The molecular weight excluding hydrogens is 236 g/mol. The normalized spacial score (nSPS) is 12.5. The maximum atomic E-state index is 9.02. The first-order chi connectivity index (χ1) is 9.02. The lowest BCUT2D eigenvalue weighted by atomic mass is 10.0. The van der Waals surface area contributed by atoms with Crippen molar-refractivity contribution in [2.75, 3.05) is 6.61 Å². The van der Waals surface area contributed by atoms with Crippen molar-refractivity contribution in [3.63, 3.8) is 0 Å². The molecule has 1 unspecified atom stereocenters. The Balaban J connectivity index is 2.44. The van der Waals surface area contributed by atoms with Crippen LogP contribution in [0.25, 0.3) is 0 Å². The minimum Gasteiger partial charge on any atom is -0.493 e. The van der Waals surface area contributed by atoms with Crippen molar-refractivity contribution in [1.29, 1.82) is 5.26 Å². The Morgan fingerprint density at radius 2 is 2.00 bits per heavy atom. The summed E-state index contributed by atoms with van der Waals surface area (Å²) in [6.45, 7) is 8.96. The van der Waals surface area contributed by atoms with E-state index in [4.69, 9.17) is 10.00 Å². The zero-order valence-corrected chi connectivity index (χ0v) is 12.3. The summed E-state index contributed by atoms with van der Waals surface area (Å²) < 4.78 is 5.72. The lowest BCUT2D eigenvalue weighted by Crippen LogP contribution is -2.34. The summed E-state index contributed by atoms with van der Waals surface area (Å²) in [5.74, 6) is 1.38. The first-order valence-electron chi connectivity index (χ1n) is 6.91. The van der Waals surface area contributed by atoms with E-state index in [2.05, 4.69) is 37.4 Å². The molecule has 0 spiro atoms. The molecular formula is C16H24N2O. The third-order valence-corrected chi connectivity index (χ3v) is 2.89. The van der Waals surface area contributed by atoms with E-state index in [1.54, 1.807) is 0 Å². The molecule has 3 heteroatoms. The number of rotatable bonds is 7. The van der Waals surface area contributed by atoms with E-state index in [0.29, 0.717) is 25.0 Å². The summed E-state index contributed by atoms with van der Waals surface area (Å²) in [5.41, 5.74) is 1.27. The number of hydrogen-bond donors (Lipinski definition) is 1. The molecule has 3 nitrogen and oxygen atoms in total. The predicted molar refractivity (Wildman–Crippen MR) is 78.3 cm³/mol. The summed E-state index contributed by atoms with van der Waals surface area (Å²) in [6, 6.07) is 10.6. The van der Waals surface area contributed by atoms with Crippen LogP contribution in [0.2, 0.25) is 0 Å². The first kappa shape index (κ1) is 15.5. The largest absolute Gasteiger partial charge is 0.493 e. The number of nitriles is 1. The molecule has 0 fully saturated rings. The molecule has 0 saturated carbocycles. The average molecular weight is 260 g/mol. The van der Waals surface area contributed by atoms with E-state index in [1.165, 1.54) is 5.56 Å². The highest BCUT2D eigenvalue weighted by Gasteiger charge is 2.08. The second kappa shape index (κ2) is 7.81. The fourth-order valence-corrected chi connectivity index (χ4v) is 1.85. The molecule has 1 N–H and O–H groups in total. The van der Waals surface area contributed by atoms with Gasteiger partial charge in [-0.25, -0.2) is 0 Å². The molecule has 104 valence electrons. The Kier molecular flexibility index (Phi) is 6.38. The van der Waals surface area contributed by atoms with Crippen LogP contribution in [0.5, 0.6) is 5.75 Å². The summed E-state index contributed by atoms with van der Waals surface area (Å²) in [6.07, 6.45) is 0.695. The summed E-state index contributed by atoms with van der Waals surface area (Å²) in [7, 11) is 0. The van der Waals surface area contributed by atoms with Crippen LogP contribution in [0.4, 0.5) is 0 Å². The quantitative estimate of drug-likeness (QED) is 0.816.